The molecule has 0 radical (unpaired) electrons. The van der Waals surface area contributed by atoms with Crippen molar-refractivity contribution in [2.45, 2.75) is 89.0 Å². The second kappa shape index (κ2) is 11.6. The van der Waals surface area contributed by atoms with Crippen molar-refractivity contribution in [3.8, 4) is 11.8 Å². The summed E-state index contributed by atoms with van der Waals surface area (Å²) in [5.74, 6) is 6.42. The lowest BCUT2D eigenvalue weighted by Gasteiger charge is -2.43. The van der Waals surface area contributed by atoms with Crippen molar-refractivity contribution >= 4 is 47.3 Å². The minimum absolute atomic E-state index is 0.0177. The molecule has 236 valence electrons. The Kier molecular flexibility index (Phi) is 8.20. The zero-order valence-corrected chi connectivity index (χ0v) is 29.3. The van der Waals surface area contributed by atoms with Gasteiger partial charge < -0.3 is 24.2 Å². The summed E-state index contributed by atoms with van der Waals surface area (Å²) in [4.78, 5) is 9.00. The molecular formula is C36H44N4O3SSi. The number of nitrogens with two attached hydrogens (primary N) is 1. The lowest BCUT2D eigenvalue weighted by atomic mass is 9.97. The van der Waals surface area contributed by atoms with Crippen LogP contribution in [0.3, 0.4) is 0 Å². The van der Waals surface area contributed by atoms with Gasteiger partial charge in [0.25, 0.3) is 8.32 Å². The Balaban J connectivity index is 1.41. The number of nitrogens with zero attached hydrogens (tertiary/aromatic N) is 3. The van der Waals surface area contributed by atoms with Gasteiger partial charge in [0.05, 0.1) is 16.2 Å². The number of benzene rings is 2. The van der Waals surface area contributed by atoms with Crippen molar-refractivity contribution in [3.63, 3.8) is 0 Å². The molecule has 2 aliphatic heterocycles. The molecule has 0 aliphatic carbocycles. The van der Waals surface area contributed by atoms with Crippen LogP contribution in [0, 0.1) is 17.3 Å². The molecule has 0 bridgehead atoms. The second-order valence-corrected chi connectivity index (χ2v) is 20.2. The Morgan fingerprint density at radius 3 is 2.11 bits per heavy atom. The highest BCUT2D eigenvalue weighted by atomic mass is 32.2. The Bertz CT molecular complexity index is 1700. The number of anilines is 1. The van der Waals surface area contributed by atoms with Crippen molar-refractivity contribution in [1.82, 2.24) is 14.5 Å². The maximum Gasteiger partial charge on any atom is 0.261 e. The highest BCUT2D eigenvalue weighted by Crippen LogP contribution is 2.52. The standard InChI is InChI=1S/C36H44N4O3SSi/c1-34(2,3)20-19-24-21-40(32-28(24)31(37)38-23-39-32)33-30-29(42-36(7,8)43-30)27(44-33)22-41-45(35(4,5)6,25-15-11-9-12-16-25)26-17-13-10-14-18-26/h9-18,21,23,27,29-30,33H,22H2,1-8H3,(H2,37,38,39)/t27?,29-,30-,33-/m1/s1. The third-order valence-electron chi connectivity index (χ3n) is 8.49. The SMILES string of the molecule is CC(C)(C)C#Cc1cn([C@@H]2SC(CO[Si](c3ccccc3)(c3ccccc3)C(C)(C)C)[C@H]3OC(C)(C)O[C@H]32)c2ncnc(N)c12. The molecule has 0 saturated carbocycles. The van der Waals surface area contributed by atoms with Gasteiger partial charge in [-0.3, -0.25) is 0 Å². The largest absolute Gasteiger partial charge is 0.406 e. The quantitative estimate of drug-likeness (QED) is 0.201. The van der Waals surface area contributed by atoms with Gasteiger partial charge in [-0.25, -0.2) is 9.97 Å². The monoisotopic (exact) mass is 640 g/mol. The summed E-state index contributed by atoms with van der Waals surface area (Å²) in [6.45, 7) is 17.7. The smallest absolute Gasteiger partial charge is 0.261 e. The number of thioether (sulfide) groups is 1. The molecule has 4 heterocycles. The fourth-order valence-corrected chi connectivity index (χ4v) is 12.9. The minimum Gasteiger partial charge on any atom is -0.406 e. The third-order valence-corrected chi connectivity index (χ3v) is 15.0. The first-order valence-electron chi connectivity index (χ1n) is 15.6. The molecule has 9 heteroatoms. The van der Waals surface area contributed by atoms with E-state index in [4.69, 9.17) is 24.6 Å². The molecule has 4 atom stereocenters. The Morgan fingerprint density at radius 1 is 0.933 bits per heavy atom. The fourth-order valence-electron chi connectivity index (χ4n) is 6.64. The normalized spacial score (nSPS) is 23.1. The van der Waals surface area contributed by atoms with E-state index in [2.05, 4.69) is 130 Å². The number of ether oxygens (including phenoxy) is 2. The zero-order valence-electron chi connectivity index (χ0n) is 27.5. The summed E-state index contributed by atoms with van der Waals surface area (Å²) >= 11 is 1.82. The molecule has 6 rings (SSSR count). The molecule has 1 unspecified atom stereocenters. The fraction of sp³-hybridized carbons (Fsp3) is 0.444. The molecule has 4 aromatic rings. The maximum absolute atomic E-state index is 7.40. The van der Waals surface area contributed by atoms with E-state index < -0.39 is 14.1 Å². The van der Waals surface area contributed by atoms with Crippen molar-refractivity contribution < 1.29 is 13.9 Å². The topological polar surface area (TPSA) is 84.4 Å². The Labute approximate surface area is 272 Å². The van der Waals surface area contributed by atoms with Gasteiger partial charge in [0, 0.05) is 18.2 Å². The van der Waals surface area contributed by atoms with Crippen LogP contribution in [-0.4, -0.2) is 52.7 Å². The predicted octanol–water partition coefficient (Wildman–Crippen LogP) is 6.12. The van der Waals surface area contributed by atoms with Crippen LogP contribution in [0.1, 0.15) is 66.3 Å². The molecule has 2 aliphatic rings. The van der Waals surface area contributed by atoms with Gasteiger partial charge in [-0.2, -0.15) is 0 Å². The first-order chi connectivity index (χ1) is 21.2. The summed E-state index contributed by atoms with van der Waals surface area (Å²) in [6.07, 6.45) is 3.19. The number of fused-ring (bicyclic) bond motifs is 2. The van der Waals surface area contributed by atoms with Crippen LogP contribution < -0.4 is 16.1 Å². The van der Waals surface area contributed by atoms with Crippen molar-refractivity contribution in [2.75, 3.05) is 12.3 Å². The van der Waals surface area contributed by atoms with Crippen LogP contribution >= 0.6 is 11.8 Å². The number of rotatable bonds is 6. The van der Waals surface area contributed by atoms with Gasteiger partial charge in [0.15, 0.2) is 5.79 Å². The average Bonchev–Trinajstić information content (AvgIpc) is 3.61. The van der Waals surface area contributed by atoms with Crippen LogP contribution in [0.2, 0.25) is 5.04 Å². The van der Waals surface area contributed by atoms with E-state index in [1.165, 1.54) is 16.7 Å². The molecule has 2 aromatic carbocycles. The summed E-state index contributed by atoms with van der Waals surface area (Å²) in [7, 11) is -2.75. The maximum atomic E-state index is 7.40. The van der Waals surface area contributed by atoms with Crippen LogP contribution in [0.5, 0.6) is 0 Å². The lowest BCUT2D eigenvalue weighted by molar-refractivity contribution is -0.149. The van der Waals surface area contributed by atoms with E-state index in [0.29, 0.717) is 12.4 Å². The van der Waals surface area contributed by atoms with Crippen LogP contribution in [0.4, 0.5) is 5.82 Å². The Hall–Kier alpha value is -3.13. The summed E-state index contributed by atoms with van der Waals surface area (Å²) in [6, 6.07) is 21.5. The molecule has 7 nitrogen and oxygen atoms in total. The summed E-state index contributed by atoms with van der Waals surface area (Å²) in [5, 5.41) is 3.06. The molecule has 2 saturated heterocycles. The van der Waals surface area contributed by atoms with Gasteiger partial charge in [-0.15, -0.1) is 11.8 Å². The predicted molar refractivity (Wildman–Crippen MR) is 186 cm³/mol. The molecule has 0 amide bonds. The van der Waals surface area contributed by atoms with E-state index in [-0.39, 0.29) is 33.3 Å². The number of hydrogen-bond acceptors (Lipinski definition) is 7. The zero-order chi connectivity index (χ0) is 32.2. The highest BCUT2D eigenvalue weighted by molar-refractivity contribution is 8.00. The number of hydrogen-bond donors (Lipinski definition) is 1. The van der Waals surface area contributed by atoms with Gasteiger partial charge in [-0.1, -0.05) is 93.3 Å². The first kappa shape index (κ1) is 31.8. The molecule has 2 N–H and O–H groups in total. The van der Waals surface area contributed by atoms with Gasteiger partial charge in [-0.05, 0) is 50.0 Å². The number of nitrogen functional groups attached to an aromatic ring is 1. The van der Waals surface area contributed by atoms with E-state index in [9.17, 15) is 0 Å². The molecule has 0 spiro atoms. The van der Waals surface area contributed by atoms with Gasteiger partial charge >= 0.3 is 0 Å². The minimum atomic E-state index is -2.75. The van der Waals surface area contributed by atoms with E-state index in [1.54, 1.807) is 0 Å². The molecule has 45 heavy (non-hydrogen) atoms. The van der Waals surface area contributed by atoms with Crippen LogP contribution in [0.15, 0.2) is 73.2 Å². The first-order valence-corrected chi connectivity index (χ1v) is 18.5. The van der Waals surface area contributed by atoms with Crippen LogP contribution in [-0.2, 0) is 13.9 Å². The van der Waals surface area contributed by atoms with E-state index in [1.807, 2.05) is 25.6 Å². The molecule has 2 aromatic heterocycles. The molecule has 2 fully saturated rings. The molecular weight excluding hydrogens is 597 g/mol. The van der Waals surface area contributed by atoms with Gasteiger partial charge in [0.1, 0.15) is 35.4 Å². The summed E-state index contributed by atoms with van der Waals surface area (Å²) in [5.41, 5.74) is 7.83. The van der Waals surface area contributed by atoms with Crippen molar-refractivity contribution in [1.29, 1.82) is 0 Å². The third kappa shape index (κ3) is 5.95. The number of aromatic nitrogens is 3. The second-order valence-electron chi connectivity index (χ2n) is 14.5. The highest BCUT2D eigenvalue weighted by Gasteiger charge is 2.57. The average molecular weight is 641 g/mol. The summed E-state index contributed by atoms with van der Waals surface area (Å²) < 4.78 is 22.8. The van der Waals surface area contributed by atoms with Crippen molar-refractivity contribution in [2.24, 2.45) is 5.41 Å². The van der Waals surface area contributed by atoms with Gasteiger partial charge in [0.2, 0.25) is 0 Å². The van der Waals surface area contributed by atoms with Crippen LogP contribution in [0.25, 0.3) is 11.0 Å². The van der Waals surface area contributed by atoms with Crippen molar-refractivity contribution in [3.05, 3.63) is 78.8 Å². The van der Waals surface area contributed by atoms with E-state index in [0.717, 1.165) is 16.6 Å². The lowest BCUT2D eigenvalue weighted by Crippen LogP contribution is -2.67. The van der Waals surface area contributed by atoms with E-state index >= 15 is 0 Å². The Morgan fingerprint density at radius 2 is 1.53 bits per heavy atom.